The van der Waals surface area contributed by atoms with E-state index in [2.05, 4.69) is 0 Å². The van der Waals surface area contributed by atoms with Crippen molar-refractivity contribution in [2.75, 3.05) is 0 Å². The average Bonchev–Trinajstić information content (AvgIpc) is 2.67. The number of esters is 1. The lowest BCUT2D eigenvalue weighted by molar-refractivity contribution is -0.152. The first-order chi connectivity index (χ1) is 10.4. The minimum Gasteiger partial charge on any atom is -0.451 e. The van der Waals surface area contributed by atoms with E-state index in [1.54, 1.807) is 0 Å². The van der Waals surface area contributed by atoms with Crippen molar-refractivity contribution >= 4 is 11.8 Å². The normalized spacial score (nSPS) is 34.6. The predicted molar refractivity (Wildman–Crippen MR) is 91.8 cm³/mol. The zero-order valence-corrected chi connectivity index (χ0v) is 15.5. The standard InChI is InChI=1S/C20H28O3/c1-11-9-12(2)17(21)13(3)10-19(6,7)20(8)15(5)16(14(11)4)18(22)23-20/h9-11,14H,1-8H3. The Kier molecular flexibility index (Phi) is 4.21. The van der Waals surface area contributed by atoms with Gasteiger partial charge in [-0.2, -0.15) is 0 Å². The topological polar surface area (TPSA) is 43.4 Å². The van der Waals surface area contributed by atoms with Gasteiger partial charge in [-0.1, -0.05) is 39.8 Å². The van der Waals surface area contributed by atoms with E-state index in [4.69, 9.17) is 4.74 Å². The number of ketones is 1. The van der Waals surface area contributed by atoms with Gasteiger partial charge in [-0.25, -0.2) is 4.79 Å². The summed E-state index contributed by atoms with van der Waals surface area (Å²) >= 11 is 0. The van der Waals surface area contributed by atoms with Crippen molar-refractivity contribution in [2.45, 2.75) is 61.0 Å². The monoisotopic (exact) mass is 316 g/mol. The molecule has 0 spiro atoms. The fourth-order valence-electron chi connectivity index (χ4n) is 3.80. The van der Waals surface area contributed by atoms with Gasteiger partial charge in [0.15, 0.2) is 5.78 Å². The molecule has 126 valence electrons. The Hall–Kier alpha value is -1.64. The van der Waals surface area contributed by atoms with E-state index >= 15 is 0 Å². The first-order valence-corrected chi connectivity index (χ1v) is 8.29. The lowest BCUT2D eigenvalue weighted by Gasteiger charge is -2.39. The van der Waals surface area contributed by atoms with Crippen LogP contribution in [0, 0.1) is 17.3 Å². The quantitative estimate of drug-likeness (QED) is 0.622. The molecular weight excluding hydrogens is 288 g/mol. The molecule has 0 saturated heterocycles. The highest BCUT2D eigenvalue weighted by atomic mass is 16.6. The largest absolute Gasteiger partial charge is 0.451 e. The third-order valence-corrected chi connectivity index (χ3v) is 5.92. The van der Waals surface area contributed by atoms with Gasteiger partial charge in [0.05, 0.1) is 0 Å². The second kappa shape index (κ2) is 5.47. The van der Waals surface area contributed by atoms with Crippen LogP contribution in [0.1, 0.15) is 55.4 Å². The summed E-state index contributed by atoms with van der Waals surface area (Å²) in [6.07, 6.45) is 3.93. The van der Waals surface area contributed by atoms with Crippen molar-refractivity contribution in [1.29, 1.82) is 0 Å². The van der Waals surface area contributed by atoms with Crippen LogP contribution in [0.15, 0.2) is 34.4 Å². The Bertz CT molecular complexity index is 660. The summed E-state index contributed by atoms with van der Waals surface area (Å²) < 4.78 is 5.85. The molecule has 2 aliphatic rings. The molecule has 0 N–H and O–H groups in total. The third kappa shape index (κ3) is 2.60. The van der Waals surface area contributed by atoms with Gasteiger partial charge in [0.25, 0.3) is 0 Å². The number of allylic oxidation sites excluding steroid dienone is 3. The predicted octanol–water partition coefficient (Wildman–Crippen LogP) is 4.39. The molecule has 0 radical (unpaired) electrons. The molecule has 3 heteroatoms. The number of hydrogen-bond donors (Lipinski definition) is 0. The Morgan fingerprint density at radius 3 is 2.13 bits per heavy atom. The van der Waals surface area contributed by atoms with Crippen LogP contribution in [0.5, 0.6) is 0 Å². The van der Waals surface area contributed by atoms with Crippen molar-refractivity contribution in [3.63, 3.8) is 0 Å². The van der Waals surface area contributed by atoms with Gasteiger partial charge in [-0.15, -0.1) is 0 Å². The maximum absolute atomic E-state index is 12.6. The highest BCUT2D eigenvalue weighted by Crippen LogP contribution is 2.49. The van der Waals surface area contributed by atoms with Crippen molar-refractivity contribution in [2.24, 2.45) is 17.3 Å². The van der Waals surface area contributed by atoms with Crippen LogP contribution in [0.25, 0.3) is 0 Å². The number of rotatable bonds is 0. The maximum Gasteiger partial charge on any atom is 0.335 e. The summed E-state index contributed by atoms with van der Waals surface area (Å²) in [4.78, 5) is 25.2. The molecule has 1 aliphatic carbocycles. The summed E-state index contributed by atoms with van der Waals surface area (Å²) in [7, 11) is 0. The Balaban J connectivity index is 2.76. The number of carbonyl (C=O) groups is 2. The van der Waals surface area contributed by atoms with Crippen LogP contribution in [-0.2, 0) is 14.3 Å². The summed E-state index contributed by atoms with van der Waals surface area (Å²) in [5.74, 6) is -0.0528. The molecule has 23 heavy (non-hydrogen) atoms. The van der Waals surface area contributed by atoms with Crippen molar-refractivity contribution in [3.8, 4) is 0 Å². The second-order valence-electron chi connectivity index (χ2n) is 7.84. The van der Waals surface area contributed by atoms with Crippen molar-refractivity contribution in [3.05, 3.63) is 34.4 Å². The van der Waals surface area contributed by atoms with Crippen molar-refractivity contribution < 1.29 is 14.3 Å². The van der Waals surface area contributed by atoms with E-state index in [1.165, 1.54) is 0 Å². The van der Waals surface area contributed by atoms with Gasteiger partial charge >= 0.3 is 5.97 Å². The van der Waals surface area contributed by atoms with E-state index in [9.17, 15) is 9.59 Å². The summed E-state index contributed by atoms with van der Waals surface area (Å²) in [5.41, 5.74) is 1.98. The van der Waals surface area contributed by atoms with Crippen LogP contribution >= 0.6 is 0 Å². The van der Waals surface area contributed by atoms with Crippen LogP contribution in [0.3, 0.4) is 0 Å². The highest BCUT2D eigenvalue weighted by Gasteiger charge is 2.52. The zero-order valence-electron chi connectivity index (χ0n) is 15.5. The summed E-state index contributed by atoms with van der Waals surface area (Å²) in [6.45, 7) is 15.8. The molecule has 2 bridgehead atoms. The molecule has 3 unspecified atom stereocenters. The summed E-state index contributed by atoms with van der Waals surface area (Å²) in [5, 5.41) is 0. The molecule has 3 nitrogen and oxygen atoms in total. The molecule has 1 aliphatic heterocycles. The highest BCUT2D eigenvalue weighted by molar-refractivity contribution is 6.07. The second-order valence-corrected chi connectivity index (χ2v) is 7.84. The molecule has 3 atom stereocenters. The summed E-state index contributed by atoms with van der Waals surface area (Å²) in [6, 6.07) is 0. The SMILES string of the molecule is CC1=CC(C)C(C)C2=C(C)C(C)(OC2=O)C(C)(C)C=C(C)C1=O. The smallest absolute Gasteiger partial charge is 0.335 e. The lowest BCUT2D eigenvalue weighted by Crippen LogP contribution is -2.42. The number of Topliss-reactive ketones (excluding diaryl/α,β-unsaturated/α-hetero) is 1. The molecule has 0 aromatic rings. The first kappa shape index (κ1) is 17.7. The number of fused-ring (bicyclic) bond motifs is 1. The molecule has 1 heterocycles. The maximum atomic E-state index is 12.6. The first-order valence-electron chi connectivity index (χ1n) is 8.29. The molecule has 0 aromatic heterocycles. The van der Waals surface area contributed by atoms with Crippen LogP contribution < -0.4 is 0 Å². The lowest BCUT2D eigenvalue weighted by atomic mass is 9.70. The molecule has 0 fully saturated rings. The molecule has 0 amide bonds. The van der Waals surface area contributed by atoms with Crippen LogP contribution in [0.4, 0.5) is 0 Å². The molecule has 2 rings (SSSR count). The third-order valence-electron chi connectivity index (χ3n) is 5.92. The minimum atomic E-state index is -0.729. The van der Waals surface area contributed by atoms with Gasteiger partial charge in [0.1, 0.15) is 5.60 Å². The van der Waals surface area contributed by atoms with Crippen LogP contribution in [0.2, 0.25) is 0 Å². The number of carbonyl (C=O) groups excluding carboxylic acids is 2. The fourth-order valence-corrected chi connectivity index (χ4v) is 3.80. The van der Waals surface area contributed by atoms with Gasteiger partial charge < -0.3 is 4.74 Å². The van der Waals surface area contributed by atoms with Crippen LogP contribution in [-0.4, -0.2) is 17.4 Å². The van der Waals surface area contributed by atoms with Gasteiger partial charge in [0, 0.05) is 11.0 Å². The minimum absolute atomic E-state index is 0.0151. The average molecular weight is 316 g/mol. The van der Waals surface area contributed by atoms with Gasteiger partial charge in [-0.05, 0) is 56.3 Å². The molecule has 0 saturated carbocycles. The zero-order chi connectivity index (χ0) is 17.7. The van der Waals surface area contributed by atoms with Crippen molar-refractivity contribution in [1.82, 2.24) is 0 Å². The molecular formula is C20H28O3. The molecule has 0 aromatic carbocycles. The van der Waals surface area contributed by atoms with Gasteiger partial charge in [0.2, 0.25) is 0 Å². The van der Waals surface area contributed by atoms with Gasteiger partial charge in [-0.3, -0.25) is 4.79 Å². The van der Waals surface area contributed by atoms with E-state index in [0.29, 0.717) is 5.57 Å². The fraction of sp³-hybridized carbons (Fsp3) is 0.600. The Morgan fingerprint density at radius 1 is 1.00 bits per heavy atom. The van der Waals surface area contributed by atoms with E-state index in [0.717, 1.165) is 16.7 Å². The van der Waals surface area contributed by atoms with E-state index in [-0.39, 0.29) is 23.6 Å². The van der Waals surface area contributed by atoms with E-state index in [1.807, 2.05) is 67.5 Å². The van der Waals surface area contributed by atoms with E-state index < -0.39 is 11.0 Å². The Labute approximate surface area is 139 Å². The Morgan fingerprint density at radius 2 is 1.57 bits per heavy atom. The number of ether oxygens (including phenoxy) is 1. The number of hydrogen-bond acceptors (Lipinski definition) is 3.